The SMILES string of the molecule is C=C=CC1=C(N=C(C)Nc2ccc(C(=O)N3CCC(NC)C3)cc2)c2ccc(Cl)cc2C(c2ccccc2C(F)(F)F)=NC1. The number of benzene rings is 3. The molecule has 226 valence electrons. The summed E-state index contributed by atoms with van der Waals surface area (Å²) >= 11 is 6.36. The van der Waals surface area contributed by atoms with Gasteiger partial charge in [-0.25, -0.2) is 4.99 Å². The number of alkyl halides is 3. The second kappa shape index (κ2) is 13.1. The van der Waals surface area contributed by atoms with Gasteiger partial charge in [-0.05, 0) is 68.9 Å². The van der Waals surface area contributed by atoms with Crippen molar-refractivity contribution in [3.63, 3.8) is 0 Å². The molecule has 0 aromatic heterocycles. The monoisotopic (exact) mass is 617 g/mol. The number of aliphatic imine (C=N–C) groups is 2. The van der Waals surface area contributed by atoms with Crippen LogP contribution in [0.4, 0.5) is 18.9 Å². The molecule has 1 saturated heterocycles. The summed E-state index contributed by atoms with van der Waals surface area (Å²) in [6, 6.07) is 17.8. The van der Waals surface area contributed by atoms with Gasteiger partial charge in [-0.2, -0.15) is 13.2 Å². The van der Waals surface area contributed by atoms with Gasteiger partial charge in [-0.1, -0.05) is 42.4 Å². The summed E-state index contributed by atoms with van der Waals surface area (Å²) in [4.78, 5) is 24.3. The van der Waals surface area contributed by atoms with Crippen molar-refractivity contribution in [1.29, 1.82) is 0 Å². The van der Waals surface area contributed by atoms with Gasteiger partial charge in [0, 0.05) is 57.7 Å². The number of nitrogens with one attached hydrogen (secondary N) is 2. The predicted molar refractivity (Wildman–Crippen MR) is 171 cm³/mol. The second-order valence-corrected chi connectivity index (χ2v) is 11.0. The van der Waals surface area contributed by atoms with Gasteiger partial charge in [-0.15, -0.1) is 5.73 Å². The highest BCUT2D eigenvalue weighted by Crippen LogP contribution is 2.37. The first-order chi connectivity index (χ1) is 21.1. The second-order valence-electron chi connectivity index (χ2n) is 10.5. The molecule has 44 heavy (non-hydrogen) atoms. The summed E-state index contributed by atoms with van der Waals surface area (Å²) in [7, 11) is 1.90. The maximum absolute atomic E-state index is 14.0. The van der Waals surface area contributed by atoms with Crippen LogP contribution in [0.1, 0.15) is 46.0 Å². The number of amidine groups is 1. The Kier molecular flexibility index (Phi) is 9.20. The Labute approximate surface area is 259 Å². The lowest BCUT2D eigenvalue weighted by Crippen LogP contribution is -2.33. The van der Waals surface area contributed by atoms with Gasteiger partial charge in [0.1, 0.15) is 5.84 Å². The van der Waals surface area contributed by atoms with E-state index in [0.717, 1.165) is 18.2 Å². The van der Waals surface area contributed by atoms with Crippen molar-refractivity contribution < 1.29 is 18.0 Å². The summed E-state index contributed by atoms with van der Waals surface area (Å²) in [5, 5.41) is 6.83. The fourth-order valence-electron chi connectivity index (χ4n) is 5.42. The number of fused-ring (bicyclic) bond motifs is 1. The molecule has 0 bridgehead atoms. The zero-order chi connectivity index (χ0) is 31.4. The molecule has 1 fully saturated rings. The minimum Gasteiger partial charge on any atom is -0.344 e. The number of anilines is 1. The third-order valence-electron chi connectivity index (χ3n) is 7.59. The van der Waals surface area contributed by atoms with E-state index >= 15 is 0 Å². The lowest BCUT2D eigenvalue weighted by Gasteiger charge is -2.17. The Hall–Kier alpha value is -4.43. The average Bonchev–Trinajstić information content (AvgIpc) is 3.44. The maximum atomic E-state index is 14.0. The molecule has 0 aliphatic carbocycles. The quantitative estimate of drug-likeness (QED) is 0.174. The maximum Gasteiger partial charge on any atom is 0.417 e. The molecule has 2 aliphatic rings. The number of rotatable bonds is 6. The van der Waals surface area contributed by atoms with Crippen molar-refractivity contribution in [1.82, 2.24) is 10.2 Å². The fraction of sp³-hybridized carbons (Fsp3) is 0.235. The largest absolute Gasteiger partial charge is 0.417 e. The lowest BCUT2D eigenvalue weighted by molar-refractivity contribution is -0.137. The zero-order valence-electron chi connectivity index (χ0n) is 24.3. The third kappa shape index (κ3) is 6.70. The summed E-state index contributed by atoms with van der Waals surface area (Å²) in [6.07, 6.45) is -2.02. The average molecular weight is 618 g/mol. The van der Waals surface area contributed by atoms with Crippen LogP contribution in [0.3, 0.4) is 0 Å². The molecule has 5 rings (SSSR count). The molecule has 1 unspecified atom stereocenters. The van der Waals surface area contributed by atoms with Crippen LogP contribution in [0.25, 0.3) is 5.70 Å². The molecular formula is C34H31ClF3N5O. The van der Waals surface area contributed by atoms with Crippen LogP contribution in [0.5, 0.6) is 0 Å². The highest BCUT2D eigenvalue weighted by molar-refractivity contribution is 6.31. The molecule has 0 saturated carbocycles. The van der Waals surface area contributed by atoms with Gasteiger partial charge in [0.05, 0.1) is 23.5 Å². The van der Waals surface area contributed by atoms with E-state index in [4.69, 9.17) is 16.6 Å². The number of halogens is 4. The van der Waals surface area contributed by atoms with Crippen molar-refractivity contribution in [2.24, 2.45) is 9.98 Å². The van der Waals surface area contributed by atoms with Crippen molar-refractivity contribution in [3.05, 3.63) is 124 Å². The van der Waals surface area contributed by atoms with Crippen LogP contribution < -0.4 is 10.6 Å². The van der Waals surface area contributed by atoms with Crippen LogP contribution in [0, 0.1) is 0 Å². The summed E-state index contributed by atoms with van der Waals surface area (Å²) in [6.45, 7) is 6.91. The van der Waals surface area contributed by atoms with E-state index in [0.29, 0.717) is 58.0 Å². The number of likely N-dealkylation sites (tertiary alicyclic amines) is 1. The van der Waals surface area contributed by atoms with E-state index in [1.165, 1.54) is 12.1 Å². The highest BCUT2D eigenvalue weighted by Gasteiger charge is 2.35. The number of carbonyl (C=O) groups is 1. The molecule has 6 nitrogen and oxygen atoms in total. The van der Waals surface area contributed by atoms with Crippen LogP contribution in [-0.4, -0.2) is 55.1 Å². The van der Waals surface area contributed by atoms with E-state index in [2.05, 4.69) is 27.9 Å². The normalized spacial score (nSPS) is 17.0. The van der Waals surface area contributed by atoms with Gasteiger partial charge in [0.25, 0.3) is 5.91 Å². The van der Waals surface area contributed by atoms with Crippen molar-refractivity contribution in [2.45, 2.75) is 25.6 Å². The van der Waals surface area contributed by atoms with E-state index in [1.54, 1.807) is 49.4 Å². The van der Waals surface area contributed by atoms with Gasteiger partial charge in [-0.3, -0.25) is 9.79 Å². The zero-order valence-corrected chi connectivity index (χ0v) is 25.1. The topological polar surface area (TPSA) is 69.1 Å². The Morgan fingerprint density at radius 1 is 1.11 bits per heavy atom. The summed E-state index contributed by atoms with van der Waals surface area (Å²) < 4.78 is 42.1. The molecule has 1 amide bonds. The van der Waals surface area contributed by atoms with Gasteiger partial charge >= 0.3 is 6.18 Å². The Balaban J connectivity index is 1.48. The smallest absolute Gasteiger partial charge is 0.344 e. The first-order valence-electron chi connectivity index (χ1n) is 14.1. The minimum absolute atomic E-state index is 0.0117. The van der Waals surface area contributed by atoms with Crippen LogP contribution in [0.2, 0.25) is 5.02 Å². The Bertz CT molecular complexity index is 1720. The molecular weight excluding hydrogens is 587 g/mol. The molecule has 10 heteroatoms. The molecule has 2 heterocycles. The number of hydrogen-bond donors (Lipinski definition) is 2. The highest BCUT2D eigenvalue weighted by atomic mass is 35.5. The fourth-order valence-corrected chi connectivity index (χ4v) is 5.59. The summed E-state index contributed by atoms with van der Waals surface area (Å²) in [5.41, 5.74) is 5.53. The van der Waals surface area contributed by atoms with Crippen molar-refractivity contribution >= 4 is 40.4 Å². The summed E-state index contributed by atoms with van der Waals surface area (Å²) in [5.74, 6) is 0.507. The number of nitrogens with zero attached hydrogens (tertiary/aromatic N) is 3. The molecule has 3 aromatic carbocycles. The third-order valence-corrected chi connectivity index (χ3v) is 7.82. The van der Waals surface area contributed by atoms with E-state index in [9.17, 15) is 18.0 Å². The van der Waals surface area contributed by atoms with Gasteiger partial charge < -0.3 is 15.5 Å². The first-order valence-corrected chi connectivity index (χ1v) is 14.5. The molecule has 0 radical (unpaired) electrons. The molecule has 0 spiro atoms. The van der Waals surface area contributed by atoms with Crippen LogP contribution >= 0.6 is 11.6 Å². The first kappa shape index (κ1) is 31.0. The molecule has 2 aliphatic heterocycles. The lowest BCUT2D eigenvalue weighted by atomic mass is 9.92. The number of likely N-dealkylation sites (N-methyl/N-ethyl adjacent to an activating group) is 1. The van der Waals surface area contributed by atoms with Crippen molar-refractivity contribution in [2.75, 3.05) is 32.0 Å². The van der Waals surface area contributed by atoms with E-state index < -0.39 is 11.7 Å². The van der Waals surface area contributed by atoms with E-state index in [1.807, 2.05) is 24.1 Å². The standard InChI is InChI=1S/C34H31ClF3N5O/c1-4-7-23-19-40-32(28-8-5-6-9-30(28)34(36,37)38)29-18-24(35)12-15-27(29)31(23)42-21(2)41-25-13-10-22(11-14-25)33(44)43-17-16-26(20-43)39-3/h5-15,18,26,39H,1,16-17,19-20H2,2-3H3,(H,41,42). The molecule has 1 atom stereocenters. The Morgan fingerprint density at radius 2 is 1.86 bits per heavy atom. The minimum atomic E-state index is -4.58. The molecule has 3 aromatic rings. The Morgan fingerprint density at radius 3 is 2.55 bits per heavy atom. The molecule has 2 N–H and O–H groups in total. The van der Waals surface area contributed by atoms with Crippen molar-refractivity contribution in [3.8, 4) is 0 Å². The number of hydrogen-bond acceptors (Lipinski definition) is 4. The van der Waals surface area contributed by atoms with Crippen LogP contribution in [0.15, 0.2) is 101 Å². The number of amides is 1. The number of carbonyl (C=O) groups excluding carboxylic acids is 1. The van der Waals surface area contributed by atoms with Gasteiger partial charge in [0.2, 0.25) is 0 Å². The van der Waals surface area contributed by atoms with Crippen LogP contribution in [-0.2, 0) is 6.18 Å². The predicted octanol–water partition coefficient (Wildman–Crippen LogP) is 7.23. The van der Waals surface area contributed by atoms with E-state index in [-0.39, 0.29) is 23.7 Å². The van der Waals surface area contributed by atoms with Gasteiger partial charge in [0.15, 0.2) is 0 Å².